The largest absolute Gasteiger partial charge is 0.355 e. The van der Waals surface area contributed by atoms with Crippen molar-refractivity contribution in [2.24, 2.45) is 0 Å². The van der Waals surface area contributed by atoms with Crippen LogP contribution < -0.4 is 4.90 Å². The zero-order valence-corrected chi connectivity index (χ0v) is 19.2. The Hall–Kier alpha value is -2.31. The smallest absolute Gasteiger partial charge is 0.229 e. The van der Waals surface area contributed by atoms with E-state index in [2.05, 4.69) is 15.2 Å². The summed E-state index contributed by atoms with van der Waals surface area (Å²) in [6, 6.07) is 7.89. The van der Waals surface area contributed by atoms with E-state index in [1.54, 1.807) is 11.3 Å². The molecule has 0 aliphatic carbocycles. The van der Waals surface area contributed by atoms with Crippen LogP contribution in [0.3, 0.4) is 0 Å². The Bertz CT molecular complexity index is 1420. The van der Waals surface area contributed by atoms with Gasteiger partial charge in [0.2, 0.25) is 14.9 Å². The van der Waals surface area contributed by atoms with Crippen LogP contribution in [0.5, 0.6) is 0 Å². The number of thiophene rings is 1. The van der Waals surface area contributed by atoms with E-state index in [9.17, 15) is 8.42 Å². The van der Waals surface area contributed by atoms with Gasteiger partial charge >= 0.3 is 0 Å². The summed E-state index contributed by atoms with van der Waals surface area (Å²) in [5.74, 6) is 0.223. The highest BCUT2D eigenvalue weighted by atomic mass is 35.5. The molecule has 32 heavy (non-hydrogen) atoms. The highest BCUT2D eigenvalue weighted by molar-refractivity contribution is 7.91. The Kier molecular flexibility index (Phi) is 4.67. The summed E-state index contributed by atoms with van der Waals surface area (Å²) in [6.45, 7) is 2.62. The van der Waals surface area contributed by atoms with E-state index in [4.69, 9.17) is 26.1 Å². The van der Waals surface area contributed by atoms with Gasteiger partial charge in [0.05, 0.1) is 28.3 Å². The molecule has 12 heteroatoms. The van der Waals surface area contributed by atoms with Crippen LogP contribution >= 0.6 is 22.9 Å². The number of benzene rings is 1. The van der Waals surface area contributed by atoms with Crippen LogP contribution in [-0.2, 0) is 19.3 Å². The van der Waals surface area contributed by atoms with Gasteiger partial charge in [-0.15, -0.1) is 16.4 Å². The minimum absolute atomic E-state index is 0.0912. The quantitative estimate of drug-likeness (QED) is 0.431. The number of piperidine rings is 1. The predicted molar refractivity (Wildman–Crippen MR) is 119 cm³/mol. The van der Waals surface area contributed by atoms with Crippen molar-refractivity contribution >= 4 is 54.5 Å². The number of hydrogen-bond donors (Lipinski definition) is 0. The number of ether oxygens (including phenoxy) is 2. The topological polar surface area (TPSA) is 98.9 Å². The fourth-order valence-corrected chi connectivity index (χ4v) is 6.52. The van der Waals surface area contributed by atoms with Crippen LogP contribution in [0.1, 0.15) is 12.8 Å². The van der Waals surface area contributed by atoms with Gasteiger partial charge in [-0.05, 0) is 35.7 Å². The average Bonchev–Trinajstić information content (AvgIpc) is 3.53. The van der Waals surface area contributed by atoms with Crippen LogP contribution in [0, 0.1) is 0 Å². The van der Waals surface area contributed by atoms with Crippen LogP contribution in [0.15, 0.2) is 45.6 Å². The molecular formula is C20H18ClN5O4S2. The van der Waals surface area contributed by atoms with Gasteiger partial charge in [0, 0.05) is 31.0 Å². The third-order valence-electron chi connectivity index (χ3n) is 5.92. The summed E-state index contributed by atoms with van der Waals surface area (Å²) >= 11 is 7.47. The number of anilines is 1. The van der Waals surface area contributed by atoms with Crippen molar-refractivity contribution in [2.45, 2.75) is 28.6 Å². The molecule has 0 radical (unpaired) electrons. The second-order valence-corrected chi connectivity index (χ2v) is 11.0. The minimum Gasteiger partial charge on any atom is -0.355 e. The van der Waals surface area contributed by atoms with E-state index < -0.39 is 15.6 Å². The molecule has 0 atom stereocenters. The fourth-order valence-electron chi connectivity index (χ4n) is 4.27. The number of rotatable bonds is 3. The Morgan fingerprint density at radius 2 is 1.78 bits per heavy atom. The summed E-state index contributed by atoms with van der Waals surface area (Å²) in [5.41, 5.74) is 0.975. The molecule has 0 N–H and O–H groups in total. The maximum absolute atomic E-state index is 13.3. The maximum Gasteiger partial charge on any atom is 0.229 e. The Morgan fingerprint density at radius 3 is 2.50 bits per heavy atom. The number of aromatic nitrogens is 4. The van der Waals surface area contributed by atoms with Crippen molar-refractivity contribution in [1.29, 1.82) is 0 Å². The normalized spacial score (nSPS) is 18.8. The summed E-state index contributed by atoms with van der Waals surface area (Å²) in [7, 11) is -3.93. The summed E-state index contributed by atoms with van der Waals surface area (Å²) in [5, 5.41) is 10.4. The highest BCUT2D eigenvalue weighted by Gasteiger charge is 2.40. The molecule has 3 aromatic heterocycles. The van der Waals surface area contributed by atoms with Gasteiger partial charge in [-0.1, -0.05) is 16.8 Å². The van der Waals surface area contributed by atoms with Gasteiger partial charge in [-0.2, -0.15) is 4.52 Å². The lowest BCUT2D eigenvalue weighted by atomic mass is 10.0. The summed E-state index contributed by atoms with van der Waals surface area (Å²) < 4.78 is 40.7. The molecule has 1 spiro atoms. The molecule has 2 aliphatic heterocycles. The van der Waals surface area contributed by atoms with E-state index in [-0.39, 0.29) is 15.6 Å². The second-order valence-electron chi connectivity index (χ2n) is 7.75. The van der Waals surface area contributed by atoms with Crippen LogP contribution in [0.2, 0.25) is 5.02 Å². The molecule has 9 nitrogen and oxygen atoms in total. The highest BCUT2D eigenvalue weighted by Crippen LogP contribution is 2.37. The Morgan fingerprint density at radius 1 is 1.06 bits per heavy atom. The lowest BCUT2D eigenvalue weighted by Gasteiger charge is -2.38. The van der Waals surface area contributed by atoms with Crippen molar-refractivity contribution in [1.82, 2.24) is 19.8 Å². The minimum atomic E-state index is -3.93. The molecule has 0 amide bonds. The first kappa shape index (κ1) is 20.3. The molecule has 0 unspecified atom stereocenters. The van der Waals surface area contributed by atoms with E-state index in [1.165, 1.54) is 28.8 Å². The van der Waals surface area contributed by atoms with Crippen molar-refractivity contribution in [2.75, 3.05) is 31.2 Å². The van der Waals surface area contributed by atoms with Gasteiger partial charge in [-0.3, -0.25) is 0 Å². The molecule has 2 fully saturated rings. The third kappa shape index (κ3) is 3.11. The van der Waals surface area contributed by atoms with Crippen LogP contribution in [0.4, 0.5) is 5.82 Å². The lowest BCUT2D eigenvalue weighted by molar-refractivity contribution is -0.169. The van der Waals surface area contributed by atoms with E-state index in [0.29, 0.717) is 31.3 Å². The van der Waals surface area contributed by atoms with Crippen LogP contribution in [-0.4, -0.2) is 60.3 Å². The van der Waals surface area contributed by atoms with Gasteiger partial charge in [-0.25, -0.2) is 13.4 Å². The number of hydrogen-bond acceptors (Lipinski definition) is 9. The van der Waals surface area contributed by atoms with Crippen LogP contribution in [0.25, 0.3) is 15.9 Å². The first-order valence-electron chi connectivity index (χ1n) is 10.1. The monoisotopic (exact) mass is 491 g/mol. The van der Waals surface area contributed by atoms with Gasteiger partial charge in [0.15, 0.2) is 17.3 Å². The molecular weight excluding hydrogens is 474 g/mol. The molecule has 2 saturated heterocycles. The molecule has 2 aliphatic rings. The third-order valence-corrected chi connectivity index (χ3v) is 8.74. The predicted octanol–water partition coefficient (Wildman–Crippen LogP) is 3.17. The van der Waals surface area contributed by atoms with Crippen molar-refractivity contribution in [3.63, 3.8) is 0 Å². The zero-order chi connectivity index (χ0) is 21.9. The number of fused-ring (bicyclic) bond motifs is 3. The first-order chi connectivity index (χ1) is 15.5. The van der Waals surface area contributed by atoms with Crippen molar-refractivity contribution < 1.29 is 17.9 Å². The molecule has 4 aromatic rings. The molecule has 1 aromatic carbocycles. The van der Waals surface area contributed by atoms with Gasteiger partial charge < -0.3 is 14.4 Å². The van der Waals surface area contributed by atoms with E-state index in [0.717, 1.165) is 28.9 Å². The molecule has 0 saturated carbocycles. The zero-order valence-electron chi connectivity index (χ0n) is 16.8. The standard InChI is InChI=1S/C20H18ClN5O4S2/c21-13-1-3-14(4-2-13)32(27,28)19-18-22-17(16-15(5-12-31-16)26(18)24-23-19)25-8-6-20(7-9-25)29-10-11-30-20/h1-5,12H,6-11H2. The fraction of sp³-hybridized carbons (Fsp3) is 0.350. The molecule has 6 rings (SSSR count). The van der Waals surface area contributed by atoms with Crippen molar-refractivity contribution in [3.05, 3.63) is 40.7 Å². The number of nitrogens with zero attached hydrogens (tertiary/aromatic N) is 5. The van der Waals surface area contributed by atoms with E-state index in [1.807, 2.05) is 11.4 Å². The average molecular weight is 492 g/mol. The van der Waals surface area contributed by atoms with Gasteiger partial charge in [0.1, 0.15) is 0 Å². The summed E-state index contributed by atoms with van der Waals surface area (Å²) in [6.07, 6.45) is 1.44. The van der Waals surface area contributed by atoms with Crippen molar-refractivity contribution in [3.8, 4) is 0 Å². The number of sulfone groups is 1. The van der Waals surface area contributed by atoms with Gasteiger partial charge in [0.25, 0.3) is 0 Å². The molecule has 5 heterocycles. The Labute approximate surface area is 192 Å². The maximum atomic E-state index is 13.3. The molecule has 166 valence electrons. The SMILES string of the molecule is O=S(=O)(c1ccc(Cl)cc1)c1nnn2c1nc(N1CCC3(CC1)OCCO3)c1sccc12. The number of halogens is 1. The Balaban J connectivity index is 1.46. The summed E-state index contributed by atoms with van der Waals surface area (Å²) in [4.78, 5) is 7.02. The first-order valence-corrected chi connectivity index (χ1v) is 12.9. The lowest BCUT2D eigenvalue weighted by Crippen LogP contribution is -2.45. The second kappa shape index (κ2) is 7.35. The van der Waals surface area contributed by atoms with E-state index >= 15 is 0 Å². The molecule has 0 bridgehead atoms.